The highest BCUT2D eigenvalue weighted by Gasteiger charge is 2.17. The molecule has 0 saturated carbocycles. The summed E-state index contributed by atoms with van der Waals surface area (Å²) in [7, 11) is 0. The van der Waals surface area contributed by atoms with Gasteiger partial charge in [0.2, 0.25) is 53.2 Å². The van der Waals surface area contributed by atoms with Crippen molar-refractivity contribution in [1.82, 2.24) is 52.6 Å². The average Bonchev–Trinajstić information content (AvgIpc) is 0.978. The molecule has 0 aliphatic carbocycles. The number of carbonyl (C=O) groups excluding carboxylic acids is 9. The van der Waals surface area contributed by atoms with Crippen LogP contribution in [-0.4, -0.2) is 311 Å². The van der Waals surface area contributed by atoms with Gasteiger partial charge < -0.3 is 126 Å². The topological polar surface area (TPSA) is 511 Å². The number of aliphatic carboxylic acids is 2. The Hall–Kier alpha value is -6.08. The molecular formula is C74H140N12O25S. The molecular weight excluding hydrogens is 1490 g/mol. The summed E-state index contributed by atoms with van der Waals surface area (Å²) in [5, 5.41) is 42.2. The molecule has 0 saturated heterocycles. The molecule has 16 N–H and O–H groups in total. The smallest absolute Gasteiger partial charge is 0.321 e. The number of hydrogen-bond acceptors (Lipinski definition) is 27. The number of hydrogen-bond donors (Lipinski definition) is 15. The molecule has 0 aromatic rings. The predicted octanol–water partition coefficient (Wildman–Crippen LogP) is 0.391. The van der Waals surface area contributed by atoms with Crippen molar-refractivity contribution < 1.29 is 120 Å². The lowest BCUT2D eigenvalue weighted by molar-refractivity contribution is -0.139. The summed E-state index contributed by atoms with van der Waals surface area (Å²) in [6, 6.07) is -2.08. The first-order valence-corrected chi connectivity index (χ1v) is 40.6. The zero-order chi connectivity index (χ0) is 82.1. The number of carbonyl (C=O) groups is 11. The minimum Gasteiger partial charge on any atom is -0.481 e. The van der Waals surface area contributed by atoms with Crippen LogP contribution in [-0.2, 0) is 110 Å². The third-order valence-corrected chi connectivity index (χ3v) is 16.8. The molecule has 3 atom stereocenters. The van der Waals surface area contributed by atoms with Gasteiger partial charge in [0.1, 0.15) is 45.7 Å². The lowest BCUT2D eigenvalue weighted by Crippen LogP contribution is -2.42. The minimum atomic E-state index is -0.980. The highest BCUT2D eigenvalue weighted by Crippen LogP contribution is 2.15. The molecule has 0 bridgehead atoms. The number of amides is 9. The number of rotatable bonds is 86. The maximum Gasteiger partial charge on any atom is 0.321 e. The number of thiol groups is 1. The van der Waals surface area contributed by atoms with Crippen molar-refractivity contribution >= 4 is 77.9 Å². The average molecular weight is 1630 g/mol. The van der Waals surface area contributed by atoms with E-state index in [-0.39, 0.29) is 257 Å². The highest BCUT2D eigenvalue weighted by atomic mass is 32.1. The third-order valence-electron chi connectivity index (χ3n) is 16.4. The second kappa shape index (κ2) is 81.5. The fraction of sp³-hybridized carbons (Fsp3) is 0.851. The second-order valence-corrected chi connectivity index (χ2v) is 26.6. The zero-order valence-electron chi connectivity index (χ0n) is 66.5. The minimum absolute atomic E-state index is 0.0687. The van der Waals surface area contributed by atoms with Crippen LogP contribution in [0.25, 0.3) is 0 Å². The molecule has 0 fully saturated rings. The Labute approximate surface area is 668 Å². The van der Waals surface area contributed by atoms with Crippen molar-refractivity contribution in [2.24, 2.45) is 11.5 Å². The van der Waals surface area contributed by atoms with Crippen molar-refractivity contribution in [2.45, 2.75) is 191 Å². The van der Waals surface area contributed by atoms with Crippen molar-refractivity contribution in [1.29, 1.82) is 0 Å². The monoisotopic (exact) mass is 1630 g/mol. The Balaban J connectivity index is 3.52. The summed E-state index contributed by atoms with van der Waals surface area (Å²) < 4.78 is 66.7. The van der Waals surface area contributed by atoms with E-state index in [0.29, 0.717) is 71.0 Å². The van der Waals surface area contributed by atoms with Crippen LogP contribution in [0.3, 0.4) is 0 Å². The van der Waals surface area contributed by atoms with Crippen LogP contribution < -0.4 is 64.0 Å². The normalized spacial score (nSPS) is 12.0. The largest absolute Gasteiger partial charge is 0.481 e. The van der Waals surface area contributed by atoms with Crippen LogP contribution in [0.5, 0.6) is 0 Å². The van der Waals surface area contributed by atoms with E-state index in [1.54, 1.807) is 0 Å². The van der Waals surface area contributed by atoms with Gasteiger partial charge in [0.25, 0.3) is 0 Å². The number of ether oxygens (including phenoxy) is 12. The van der Waals surface area contributed by atoms with E-state index in [9.17, 15) is 52.7 Å². The standard InChI is InChI=1S/C74H140N12O25S/c75-61(23-17-20-28-77-64(87)26-15-13-11-9-7-5-3-1-2-4-6-8-10-12-14-16-27-71(94)95)72(96)84-30-21-18-24-62(76)73(97)85-36-42-105-48-54-111-60-70(93)83-35-41-104-47-53-110-59-69(92)82-34-40-103-46-52-109-58-68(91)81-33-39-102-45-51-108-57-67(90)80-32-38-101-44-50-107-56-66(89)79-31-37-100-43-49-106-55-65(88)78-29-22-19-25-63(86-112)74(98)99/h61-63,86,112H,1-60,75-76H2,(H,77,87)(H,78,88)(H,79,89)(H,80,90)(H,81,91)(H,82,92)(H,83,93)(H,84,96)(H,85,97)(H,94,95)(H,98,99)/t61-,62-,63-/m0/s1. The lowest BCUT2D eigenvalue weighted by atomic mass is 10.0. The van der Waals surface area contributed by atoms with Gasteiger partial charge >= 0.3 is 11.9 Å². The maximum atomic E-state index is 12.5. The van der Waals surface area contributed by atoms with E-state index in [2.05, 4.69) is 65.4 Å². The Morgan fingerprint density at radius 1 is 0.250 bits per heavy atom. The van der Waals surface area contributed by atoms with Gasteiger partial charge in [-0.25, -0.2) is 0 Å². The van der Waals surface area contributed by atoms with E-state index in [0.717, 1.165) is 51.4 Å². The third kappa shape index (κ3) is 77.8. The van der Waals surface area contributed by atoms with E-state index >= 15 is 0 Å². The Morgan fingerprint density at radius 3 is 0.750 bits per heavy atom. The molecule has 0 aromatic carbocycles. The van der Waals surface area contributed by atoms with Gasteiger partial charge in [-0.2, -0.15) is 0 Å². The molecule has 0 rings (SSSR count). The van der Waals surface area contributed by atoms with Gasteiger partial charge in [-0.15, -0.1) is 0 Å². The molecule has 0 heterocycles. The number of nitrogens with two attached hydrogens (primary N) is 2. The number of carboxylic acid groups (broad SMARTS) is 2. The molecule has 0 spiro atoms. The number of unbranched alkanes of at least 4 members (excludes halogenated alkanes) is 18. The molecule has 112 heavy (non-hydrogen) atoms. The summed E-state index contributed by atoms with van der Waals surface area (Å²) in [4.78, 5) is 130. The van der Waals surface area contributed by atoms with Crippen LogP contribution in [0, 0.1) is 0 Å². The van der Waals surface area contributed by atoms with E-state index < -0.39 is 30.1 Å². The van der Waals surface area contributed by atoms with Crippen molar-refractivity contribution in [3.05, 3.63) is 0 Å². The first-order chi connectivity index (χ1) is 54.4. The quantitative estimate of drug-likeness (QED) is 0.0289. The van der Waals surface area contributed by atoms with Crippen LogP contribution in [0.4, 0.5) is 0 Å². The maximum absolute atomic E-state index is 12.5. The summed E-state index contributed by atoms with van der Waals surface area (Å²) in [6.45, 7) is 5.54. The van der Waals surface area contributed by atoms with Crippen LogP contribution in [0.1, 0.15) is 173 Å². The van der Waals surface area contributed by atoms with E-state index in [4.69, 9.17) is 78.5 Å². The lowest BCUT2D eigenvalue weighted by Gasteiger charge is -2.14. The van der Waals surface area contributed by atoms with Crippen molar-refractivity contribution in [2.75, 3.05) is 217 Å². The first kappa shape index (κ1) is 106. The Morgan fingerprint density at radius 2 is 0.473 bits per heavy atom. The first-order valence-electron chi connectivity index (χ1n) is 40.2. The summed E-state index contributed by atoms with van der Waals surface area (Å²) in [6.07, 6.45) is 24.9. The summed E-state index contributed by atoms with van der Waals surface area (Å²) in [5.74, 6) is -4.10. The molecule has 0 unspecified atom stereocenters. The fourth-order valence-electron chi connectivity index (χ4n) is 10.2. The van der Waals surface area contributed by atoms with Gasteiger partial charge in [-0.3, -0.25) is 57.5 Å². The van der Waals surface area contributed by atoms with E-state index in [1.165, 1.54) is 64.2 Å². The van der Waals surface area contributed by atoms with Gasteiger partial charge in [0, 0.05) is 71.7 Å². The highest BCUT2D eigenvalue weighted by molar-refractivity contribution is 7.78. The molecule has 9 amide bonds. The zero-order valence-corrected chi connectivity index (χ0v) is 67.4. The van der Waals surface area contributed by atoms with Crippen molar-refractivity contribution in [3.8, 4) is 0 Å². The summed E-state index contributed by atoms with van der Waals surface area (Å²) >= 11 is 3.79. The van der Waals surface area contributed by atoms with Crippen LogP contribution >= 0.6 is 12.8 Å². The molecule has 37 nitrogen and oxygen atoms in total. The van der Waals surface area contributed by atoms with Crippen molar-refractivity contribution in [3.63, 3.8) is 0 Å². The number of nitrogens with one attached hydrogen (secondary N) is 10. The molecule has 0 aliphatic heterocycles. The fourth-order valence-corrected chi connectivity index (χ4v) is 10.4. The molecule has 38 heteroatoms. The number of carboxylic acids is 2. The van der Waals surface area contributed by atoms with E-state index in [1.807, 2.05) is 0 Å². The van der Waals surface area contributed by atoms with Gasteiger partial charge in [0.05, 0.1) is 131 Å². The second-order valence-electron chi connectivity index (χ2n) is 26.3. The molecule has 652 valence electrons. The Kier molecular flexibility index (Phi) is 77.1. The molecule has 0 aromatic heterocycles. The molecule has 0 radical (unpaired) electrons. The molecule has 0 aliphatic rings. The van der Waals surface area contributed by atoms with Gasteiger partial charge in [0.15, 0.2) is 0 Å². The van der Waals surface area contributed by atoms with Crippen LogP contribution in [0.15, 0.2) is 0 Å². The SMILES string of the molecule is N[C@@H](CCCCNC(=O)CCCCCCCCCCCCCCCCCCC(=O)O)C(=O)NCCCC[C@H](N)C(=O)NCCOCCOCC(=O)NCCOCCOCC(=O)NCCOCCOCC(=O)NCCOCCOCC(=O)NCCOCCOCC(=O)NCCOCCOCC(=O)NCCCC[C@H](NS)C(=O)O. The predicted molar refractivity (Wildman–Crippen MR) is 419 cm³/mol. The Bertz CT molecular complexity index is 2390. The summed E-state index contributed by atoms with van der Waals surface area (Å²) in [5.41, 5.74) is 12.1. The van der Waals surface area contributed by atoms with Gasteiger partial charge in [-0.1, -0.05) is 103 Å². The van der Waals surface area contributed by atoms with Crippen LogP contribution in [0.2, 0.25) is 0 Å². The van der Waals surface area contributed by atoms with Gasteiger partial charge in [-0.05, 0) is 70.6 Å².